The standard InChI is InChI=1S/C20H23N3O3/c1-14(12-16-7-3-4-9-21-16)22-19(24)17-8-5-6-15-13-23(10-11-26-2)20(25)18(15)17/h3-9,14H,10-13H2,1-2H3,(H,22,24)/t14-/m1/s1. The number of carbonyl (C=O) groups is 2. The van der Waals surface area contributed by atoms with Gasteiger partial charge in [0, 0.05) is 44.6 Å². The first-order valence-corrected chi connectivity index (χ1v) is 8.71. The van der Waals surface area contributed by atoms with Crippen LogP contribution < -0.4 is 5.32 Å². The van der Waals surface area contributed by atoms with Crippen LogP contribution in [0.3, 0.4) is 0 Å². The molecule has 0 unspecified atom stereocenters. The summed E-state index contributed by atoms with van der Waals surface area (Å²) >= 11 is 0. The highest BCUT2D eigenvalue weighted by Crippen LogP contribution is 2.26. The van der Waals surface area contributed by atoms with Crippen molar-refractivity contribution >= 4 is 11.8 Å². The Bertz CT molecular complexity index is 792. The molecule has 6 heteroatoms. The Morgan fingerprint density at radius 2 is 2.15 bits per heavy atom. The molecule has 2 heterocycles. The zero-order valence-corrected chi connectivity index (χ0v) is 15.1. The predicted octanol–water partition coefficient (Wildman–Crippen LogP) is 2.04. The zero-order chi connectivity index (χ0) is 18.5. The lowest BCUT2D eigenvalue weighted by Crippen LogP contribution is -2.35. The number of carbonyl (C=O) groups excluding carboxylic acids is 2. The third-order valence-corrected chi connectivity index (χ3v) is 4.44. The molecule has 2 aromatic rings. The van der Waals surface area contributed by atoms with E-state index in [1.165, 1.54) is 0 Å². The molecule has 1 atom stereocenters. The molecule has 3 rings (SSSR count). The molecule has 0 fully saturated rings. The van der Waals surface area contributed by atoms with Crippen molar-refractivity contribution in [3.63, 3.8) is 0 Å². The smallest absolute Gasteiger partial charge is 0.255 e. The van der Waals surface area contributed by atoms with Gasteiger partial charge in [-0.3, -0.25) is 14.6 Å². The monoisotopic (exact) mass is 353 g/mol. The maximum Gasteiger partial charge on any atom is 0.255 e. The second-order valence-electron chi connectivity index (χ2n) is 6.46. The lowest BCUT2D eigenvalue weighted by atomic mass is 10.0. The van der Waals surface area contributed by atoms with E-state index in [9.17, 15) is 9.59 Å². The Morgan fingerprint density at radius 3 is 2.88 bits per heavy atom. The number of fused-ring (bicyclic) bond motifs is 1. The average Bonchev–Trinajstić information content (AvgIpc) is 2.96. The summed E-state index contributed by atoms with van der Waals surface area (Å²) < 4.78 is 5.06. The summed E-state index contributed by atoms with van der Waals surface area (Å²) in [5, 5.41) is 2.98. The van der Waals surface area contributed by atoms with E-state index in [2.05, 4.69) is 10.3 Å². The maximum absolute atomic E-state index is 12.7. The van der Waals surface area contributed by atoms with Crippen molar-refractivity contribution < 1.29 is 14.3 Å². The largest absolute Gasteiger partial charge is 0.383 e. The third kappa shape index (κ3) is 3.91. The first-order chi connectivity index (χ1) is 12.6. The molecule has 6 nitrogen and oxygen atoms in total. The Hall–Kier alpha value is -2.73. The van der Waals surface area contributed by atoms with Crippen molar-refractivity contribution in [1.82, 2.24) is 15.2 Å². The number of aromatic nitrogens is 1. The first-order valence-electron chi connectivity index (χ1n) is 8.71. The van der Waals surface area contributed by atoms with Gasteiger partial charge in [0.15, 0.2) is 0 Å². The van der Waals surface area contributed by atoms with E-state index in [-0.39, 0.29) is 17.9 Å². The fraction of sp³-hybridized carbons (Fsp3) is 0.350. The van der Waals surface area contributed by atoms with Crippen molar-refractivity contribution in [2.24, 2.45) is 0 Å². The van der Waals surface area contributed by atoms with Crippen LogP contribution >= 0.6 is 0 Å². The summed E-state index contributed by atoms with van der Waals surface area (Å²) in [6.45, 7) is 3.44. The van der Waals surface area contributed by atoms with E-state index in [4.69, 9.17) is 4.74 Å². The van der Waals surface area contributed by atoms with E-state index in [0.717, 1.165) is 11.3 Å². The summed E-state index contributed by atoms with van der Waals surface area (Å²) in [5.74, 6) is -0.340. The van der Waals surface area contributed by atoms with Crippen molar-refractivity contribution in [3.8, 4) is 0 Å². The van der Waals surface area contributed by atoms with Gasteiger partial charge in [0.1, 0.15) is 0 Å². The number of rotatable bonds is 7. The summed E-state index contributed by atoms with van der Waals surface area (Å²) in [4.78, 5) is 31.4. The van der Waals surface area contributed by atoms with Gasteiger partial charge < -0.3 is 15.0 Å². The zero-order valence-electron chi connectivity index (χ0n) is 15.1. The van der Waals surface area contributed by atoms with Gasteiger partial charge in [-0.1, -0.05) is 18.2 Å². The van der Waals surface area contributed by atoms with Crippen molar-refractivity contribution in [1.29, 1.82) is 0 Å². The second-order valence-corrected chi connectivity index (χ2v) is 6.46. The molecule has 0 spiro atoms. The van der Waals surface area contributed by atoms with Gasteiger partial charge in [0.2, 0.25) is 0 Å². The molecule has 1 aliphatic heterocycles. The Balaban J connectivity index is 1.72. The molecule has 1 aromatic heterocycles. The number of ether oxygens (including phenoxy) is 1. The van der Waals surface area contributed by atoms with Gasteiger partial charge >= 0.3 is 0 Å². The number of hydrogen-bond acceptors (Lipinski definition) is 4. The Labute approximate surface area is 153 Å². The molecule has 1 aliphatic rings. The van der Waals surface area contributed by atoms with Crippen LogP contribution in [0, 0.1) is 0 Å². The van der Waals surface area contributed by atoms with E-state index >= 15 is 0 Å². The van der Waals surface area contributed by atoms with Crippen LogP contribution in [0.4, 0.5) is 0 Å². The molecule has 2 amide bonds. The molecule has 136 valence electrons. The Morgan fingerprint density at radius 1 is 1.31 bits per heavy atom. The lowest BCUT2D eigenvalue weighted by Gasteiger charge is -2.16. The summed E-state index contributed by atoms with van der Waals surface area (Å²) in [5.41, 5.74) is 2.74. The lowest BCUT2D eigenvalue weighted by molar-refractivity contribution is 0.0715. The number of nitrogens with one attached hydrogen (secondary N) is 1. The maximum atomic E-state index is 12.7. The number of pyridine rings is 1. The number of amides is 2. The molecular formula is C20H23N3O3. The van der Waals surface area contributed by atoms with Crippen LogP contribution in [0.5, 0.6) is 0 Å². The fourth-order valence-corrected chi connectivity index (χ4v) is 3.18. The van der Waals surface area contributed by atoms with Gasteiger partial charge in [-0.25, -0.2) is 0 Å². The van der Waals surface area contributed by atoms with Crippen LogP contribution in [0.2, 0.25) is 0 Å². The third-order valence-electron chi connectivity index (χ3n) is 4.44. The Kier molecular flexibility index (Phi) is 5.63. The normalized spacial score (nSPS) is 14.2. The minimum Gasteiger partial charge on any atom is -0.383 e. The van der Waals surface area contributed by atoms with Crippen LogP contribution in [-0.2, 0) is 17.7 Å². The highest BCUT2D eigenvalue weighted by molar-refractivity contribution is 6.09. The number of methoxy groups -OCH3 is 1. The summed E-state index contributed by atoms with van der Waals surface area (Å²) in [7, 11) is 1.61. The SMILES string of the molecule is COCCN1Cc2cccc(C(=O)N[C@H](C)Cc3ccccn3)c2C1=O. The highest BCUT2D eigenvalue weighted by Gasteiger charge is 2.31. The van der Waals surface area contributed by atoms with Gasteiger partial charge in [0.05, 0.1) is 17.7 Å². The number of nitrogens with zero attached hydrogens (tertiary/aromatic N) is 2. The van der Waals surface area contributed by atoms with Crippen molar-refractivity contribution in [2.75, 3.05) is 20.3 Å². The van der Waals surface area contributed by atoms with Crippen LogP contribution in [0.15, 0.2) is 42.6 Å². The molecule has 0 saturated heterocycles. The fourth-order valence-electron chi connectivity index (χ4n) is 3.18. The van der Waals surface area contributed by atoms with Crippen molar-refractivity contribution in [3.05, 3.63) is 65.0 Å². The predicted molar refractivity (Wildman–Crippen MR) is 97.9 cm³/mol. The van der Waals surface area contributed by atoms with Crippen LogP contribution in [0.25, 0.3) is 0 Å². The van der Waals surface area contributed by atoms with E-state index in [0.29, 0.717) is 37.2 Å². The van der Waals surface area contributed by atoms with Crippen LogP contribution in [-0.4, -0.2) is 48.0 Å². The van der Waals surface area contributed by atoms with Gasteiger partial charge in [-0.05, 0) is 30.7 Å². The molecule has 1 aromatic carbocycles. The minimum absolute atomic E-state index is 0.0886. The first kappa shape index (κ1) is 18.1. The molecular weight excluding hydrogens is 330 g/mol. The molecule has 0 bridgehead atoms. The summed E-state index contributed by atoms with van der Waals surface area (Å²) in [6, 6.07) is 11.1. The second kappa shape index (κ2) is 8.10. The van der Waals surface area contributed by atoms with E-state index < -0.39 is 0 Å². The van der Waals surface area contributed by atoms with E-state index in [1.807, 2.05) is 37.3 Å². The van der Waals surface area contributed by atoms with Crippen LogP contribution in [0.1, 0.15) is 38.9 Å². The quantitative estimate of drug-likeness (QED) is 0.827. The average molecular weight is 353 g/mol. The molecule has 0 radical (unpaired) electrons. The highest BCUT2D eigenvalue weighted by atomic mass is 16.5. The minimum atomic E-state index is -0.229. The molecule has 0 aliphatic carbocycles. The number of hydrogen-bond donors (Lipinski definition) is 1. The van der Waals surface area contributed by atoms with Gasteiger partial charge in [-0.15, -0.1) is 0 Å². The molecule has 1 N–H and O–H groups in total. The topological polar surface area (TPSA) is 71.5 Å². The van der Waals surface area contributed by atoms with Crippen molar-refractivity contribution in [2.45, 2.75) is 25.9 Å². The molecule has 26 heavy (non-hydrogen) atoms. The van der Waals surface area contributed by atoms with E-state index in [1.54, 1.807) is 24.3 Å². The molecule has 0 saturated carbocycles. The number of benzene rings is 1. The van der Waals surface area contributed by atoms with Gasteiger partial charge in [-0.2, -0.15) is 0 Å². The summed E-state index contributed by atoms with van der Waals surface area (Å²) in [6.07, 6.45) is 2.37. The van der Waals surface area contributed by atoms with Gasteiger partial charge in [0.25, 0.3) is 11.8 Å².